The van der Waals surface area contributed by atoms with Crippen LogP contribution in [0.2, 0.25) is 0 Å². The first-order chi connectivity index (χ1) is 7.69. The van der Waals surface area contributed by atoms with Gasteiger partial charge < -0.3 is 4.98 Å². The van der Waals surface area contributed by atoms with E-state index in [0.29, 0.717) is 18.0 Å². The van der Waals surface area contributed by atoms with Crippen molar-refractivity contribution in [2.24, 2.45) is 5.92 Å². The van der Waals surface area contributed by atoms with Crippen LogP contribution in [0.1, 0.15) is 51.4 Å². The zero-order chi connectivity index (χ0) is 11.7. The lowest BCUT2D eigenvalue weighted by atomic mass is 9.86. The molecule has 2 heterocycles. The van der Waals surface area contributed by atoms with Crippen molar-refractivity contribution in [3.8, 4) is 0 Å². The Hall–Kier alpha value is -0.760. The number of fused-ring (bicyclic) bond motifs is 1. The molecular weight excluding hydrogens is 196 g/mol. The topological polar surface area (TPSA) is 19.0 Å². The van der Waals surface area contributed by atoms with Crippen molar-refractivity contribution < 1.29 is 0 Å². The SMILES string of the molecule is CC[C@@H]1Cc2[nH]ccc2[C@H](C(C)C)N1CC. The quantitative estimate of drug-likeness (QED) is 0.827. The summed E-state index contributed by atoms with van der Waals surface area (Å²) in [6, 6.07) is 3.59. The second-order valence-electron chi connectivity index (χ2n) is 5.20. The Morgan fingerprint density at radius 2 is 2.19 bits per heavy atom. The zero-order valence-electron chi connectivity index (χ0n) is 11.0. The fourth-order valence-electron chi connectivity index (χ4n) is 3.20. The van der Waals surface area contributed by atoms with Crippen molar-refractivity contribution in [1.29, 1.82) is 0 Å². The summed E-state index contributed by atoms with van der Waals surface area (Å²) in [4.78, 5) is 6.11. The molecule has 2 rings (SSSR count). The average Bonchev–Trinajstić information content (AvgIpc) is 2.73. The van der Waals surface area contributed by atoms with Crippen LogP contribution >= 0.6 is 0 Å². The van der Waals surface area contributed by atoms with Gasteiger partial charge in [0.05, 0.1) is 0 Å². The fraction of sp³-hybridized carbons (Fsp3) is 0.714. The lowest BCUT2D eigenvalue weighted by Gasteiger charge is -2.43. The van der Waals surface area contributed by atoms with Gasteiger partial charge in [0.25, 0.3) is 0 Å². The molecule has 0 aromatic carbocycles. The molecule has 2 nitrogen and oxygen atoms in total. The molecule has 1 aliphatic rings. The number of rotatable bonds is 3. The van der Waals surface area contributed by atoms with E-state index in [1.807, 2.05) is 0 Å². The van der Waals surface area contributed by atoms with Gasteiger partial charge in [-0.05, 0) is 30.5 Å². The van der Waals surface area contributed by atoms with Crippen molar-refractivity contribution in [3.05, 3.63) is 23.5 Å². The number of hydrogen-bond donors (Lipinski definition) is 1. The molecule has 2 heteroatoms. The Kier molecular flexibility index (Phi) is 3.38. The van der Waals surface area contributed by atoms with Crippen molar-refractivity contribution >= 4 is 0 Å². The maximum Gasteiger partial charge on any atom is 0.0391 e. The summed E-state index contributed by atoms with van der Waals surface area (Å²) in [6.45, 7) is 10.4. The Morgan fingerprint density at radius 1 is 1.44 bits per heavy atom. The Morgan fingerprint density at radius 3 is 2.75 bits per heavy atom. The van der Waals surface area contributed by atoms with Gasteiger partial charge in [0.1, 0.15) is 0 Å². The minimum Gasteiger partial charge on any atom is -0.365 e. The molecule has 16 heavy (non-hydrogen) atoms. The molecule has 1 N–H and O–H groups in total. The van der Waals surface area contributed by atoms with Crippen molar-refractivity contribution in [1.82, 2.24) is 9.88 Å². The van der Waals surface area contributed by atoms with Crippen LogP contribution in [0.4, 0.5) is 0 Å². The van der Waals surface area contributed by atoms with Gasteiger partial charge in [-0.15, -0.1) is 0 Å². The highest BCUT2D eigenvalue weighted by Crippen LogP contribution is 2.37. The fourth-order valence-corrected chi connectivity index (χ4v) is 3.20. The molecule has 90 valence electrons. The van der Waals surface area contributed by atoms with E-state index >= 15 is 0 Å². The van der Waals surface area contributed by atoms with Crippen LogP contribution in [0.15, 0.2) is 12.3 Å². The summed E-state index contributed by atoms with van der Waals surface area (Å²) < 4.78 is 0. The predicted molar refractivity (Wildman–Crippen MR) is 68.5 cm³/mol. The van der Waals surface area contributed by atoms with E-state index in [1.165, 1.54) is 24.1 Å². The number of aromatic nitrogens is 1. The maximum absolute atomic E-state index is 3.42. The predicted octanol–water partition coefficient (Wildman–Crippen LogP) is 3.37. The normalized spacial score (nSPS) is 26.1. The summed E-state index contributed by atoms with van der Waals surface area (Å²) in [5.41, 5.74) is 3.00. The average molecular weight is 220 g/mol. The third-order valence-electron chi connectivity index (χ3n) is 3.92. The van der Waals surface area contributed by atoms with E-state index in [0.717, 1.165) is 6.54 Å². The molecule has 0 unspecified atom stereocenters. The maximum atomic E-state index is 3.42. The Bertz CT molecular complexity index is 340. The second-order valence-corrected chi connectivity index (χ2v) is 5.20. The first-order valence-corrected chi connectivity index (χ1v) is 6.60. The number of nitrogens with zero attached hydrogens (tertiary/aromatic N) is 1. The van der Waals surface area contributed by atoms with Gasteiger partial charge in [0, 0.05) is 30.4 Å². The summed E-state index contributed by atoms with van der Waals surface area (Å²) in [7, 11) is 0. The number of hydrogen-bond acceptors (Lipinski definition) is 1. The third kappa shape index (κ3) is 1.80. The summed E-state index contributed by atoms with van der Waals surface area (Å²) >= 11 is 0. The van der Waals surface area contributed by atoms with Crippen molar-refractivity contribution in [3.63, 3.8) is 0 Å². The number of likely N-dealkylation sites (N-methyl/N-ethyl adjacent to an activating group) is 1. The smallest absolute Gasteiger partial charge is 0.0391 e. The van der Waals surface area contributed by atoms with Crippen LogP contribution in [0, 0.1) is 5.92 Å². The van der Waals surface area contributed by atoms with Gasteiger partial charge >= 0.3 is 0 Å². The highest BCUT2D eigenvalue weighted by molar-refractivity contribution is 5.29. The van der Waals surface area contributed by atoms with E-state index in [-0.39, 0.29) is 0 Å². The van der Waals surface area contributed by atoms with Crippen molar-refractivity contribution in [2.45, 2.75) is 52.6 Å². The van der Waals surface area contributed by atoms with Crippen LogP contribution < -0.4 is 0 Å². The van der Waals surface area contributed by atoms with Gasteiger partial charge in [0.2, 0.25) is 0 Å². The zero-order valence-corrected chi connectivity index (χ0v) is 11.0. The third-order valence-corrected chi connectivity index (χ3v) is 3.92. The van der Waals surface area contributed by atoms with E-state index in [9.17, 15) is 0 Å². The van der Waals surface area contributed by atoms with Crippen LogP contribution in [0.3, 0.4) is 0 Å². The molecule has 0 saturated heterocycles. The Balaban J connectivity index is 2.38. The number of nitrogens with one attached hydrogen (secondary N) is 1. The summed E-state index contributed by atoms with van der Waals surface area (Å²) in [6.07, 6.45) is 4.54. The largest absolute Gasteiger partial charge is 0.365 e. The van der Waals surface area contributed by atoms with E-state index in [1.54, 1.807) is 0 Å². The highest BCUT2D eigenvalue weighted by atomic mass is 15.2. The minimum atomic E-state index is 0.602. The van der Waals surface area contributed by atoms with Gasteiger partial charge in [0.15, 0.2) is 0 Å². The van der Waals surface area contributed by atoms with Gasteiger partial charge in [-0.2, -0.15) is 0 Å². The molecule has 0 amide bonds. The van der Waals surface area contributed by atoms with Crippen LogP contribution in [0.25, 0.3) is 0 Å². The van der Waals surface area contributed by atoms with Gasteiger partial charge in [-0.25, -0.2) is 0 Å². The van der Waals surface area contributed by atoms with Crippen LogP contribution in [-0.4, -0.2) is 22.5 Å². The molecule has 1 aromatic heterocycles. The molecular formula is C14H24N2. The minimum absolute atomic E-state index is 0.602. The molecule has 0 radical (unpaired) electrons. The molecule has 0 fully saturated rings. The molecule has 2 atom stereocenters. The molecule has 0 spiro atoms. The number of H-pyrrole nitrogens is 1. The second kappa shape index (κ2) is 4.62. The Labute approximate surface area is 99.0 Å². The van der Waals surface area contributed by atoms with E-state index in [2.05, 4.69) is 49.8 Å². The molecule has 0 saturated carbocycles. The van der Waals surface area contributed by atoms with Crippen molar-refractivity contribution in [2.75, 3.05) is 6.54 Å². The lowest BCUT2D eigenvalue weighted by Crippen LogP contribution is -2.45. The highest BCUT2D eigenvalue weighted by Gasteiger charge is 2.34. The number of aromatic amines is 1. The summed E-state index contributed by atoms with van der Waals surface area (Å²) in [5, 5.41) is 0. The van der Waals surface area contributed by atoms with Gasteiger partial charge in [-0.3, -0.25) is 4.90 Å². The van der Waals surface area contributed by atoms with E-state index in [4.69, 9.17) is 0 Å². The van der Waals surface area contributed by atoms with Crippen LogP contribution in [0.5, 0.6) is 0 Å². The molecule has 0 bridgehead atoms. The van der Waals surface area contributed by atoms with E-state index < -0.39 is 0 Å². The first kappa shape index (κ1) is 11.7. The monoisotopic (exact) mass is 220 g/mol. The molecule has 1 aromatic rings. The molecule has 0 aliphatic carbocycles. The molecule has 1 aliphatic heterocycles. The standard InChI is InChI=1S/C14H24N2/c1-5-11-9-13-12(7-8-15-13)14(10(3)4)16(11)6-2/h7-8,10-11,14-15H,5-6,9H2,1-4H3/t11-,14+/m1/s1. The van der Waals surface area contributed by atoms with Crippen LogP contribution in [-0.2, 0) is 6.42 Å². The summed E-state index contributed by atoms with van der Waals surface area (Å²) in [5.74, 6) is 0.684. The first-order valence-electron chi connectivity index (χ1n) is 6.60. The lowest BCUT2D eigenvalue weighted by molar-refractivity contribution is 0.0893. The van der Waals surface area contributed by atoms with Gasteiger partial charge in [-0.1, -0.05) is 27.7 Å².